The van der Waals surface area contributed by atoms with Gasteiger partial charge in [0.2, 0.25) is 5.89 Å². The number of halogens is 1. The van der Waals surface area contributed by atoms with Gasteiger partial charge < -0.3 is 14.6 Å². The lowest BCUT2D eigenvalue weighted by Gasteiger charge is -2.18. The first-order valence-electron chi connectivity index (χ1n) is 7.58. The Morgan fingerprint density at radius 1 is 1.24 bits per heavy atom. The molecule has 0 saturated heterocycles. The molecule has 0 bridgehead atoms. The predicted octanol–water partition coefficient (Wildman–Crippen LogP) is 3.05. The quantitative estimate of drug-likeness (QED) is 0.772. The highest BCUT2D eigenvalue weighted by molar-refractivity contribution is 5.94. The Bertz CT molecular complexity index is 895. The molecule has 0 spiro atoms. The number of benzene rings is 2. The van der Waals surface area contributed by atoms with Gasteiger partial charge in [-0.15, -0.1) is 0 Å². The molecule has 7 heteroatoms. The molecule has 0 aliphatic heterocycles. The molecule has 0 radical (unpaired) electrons. The molecule has 25 heavy (non-hydrogen) atoms. The minimum absolute atomic E-state index is 0.195. The molecule has 128 valence electrons. The number of methoxy groups -OCH3 is 1. The number of rotatable bonds is 5. The van der Waals surface area contributed by atoms with Gasteiger partial charge in [0, 0.05) is 18.1 Å². The van der Waals surface area contributed by atoms with E-state index in [9.17, 15) is 9.18 Å². The highest BCUT2D eigenvalue weighted by Crippen LogP contribution is 2.28. The van der Waals surface area contributed by atoms with Crippen LogP contribution in [0.5, 0.6) is 5.75 Å². The molecular weight excluding hydrogens is 325 g/mol. The van der Waals surface area contributed by atoms with Crippen molar-refractivity contribution in [2.75, 3.05) is 7.11 Å². The van der Waals surface area contributed by atoms with Crippen LogP contribution in [-0.4, -0.2) is 23.2 Å². The lowest BCUT2D eigenvalue weighted by Crippen LogP contribution is -2.30. The van der Waals surface area contributed by atoms with E-state index in [0.717, 1.165) is 6.07 Å². The van der Waals surface area contributed by atoms with Gasteiger partial charge in [0.15, 0.2) is 5.82 Å². The van der Waals surface area contributed by atoms with Gasteiger partial charge >= 0.3 is 0 Å². The Kier molecular flexibility index (Phi) is 4.74. The Morgan fingerprint density at radius 2 is 2.04 bits per heavy atom. The average Bonchev–Trinajstić information content (AvgIpc) is 3.05. The van der Waals surface area contributed by atoms with Crippen molar-refractivity contribution in [1.82, 2.24) is 15.5 Å². The van der Waals surface area contributed by atoms with Crippen molar-refractivity contribution >= 4 is 5.91 Å². The molecule has 1 atom stereocenters. The second-order valence-corrected chi connectivity index (χ2v) is 5.33. The van der Waals surface area contributed by atoms with Crippen molar-refractivity contribution in [3.63, 3.8) is 0 Å². The van der Waals surface area contributed by atoms with Crippen LogP contribution in [0.1, 0.15) is 33.7 Å². The summed E-state index contributed by atoms with van der Waals surface area (Å²) < 4.78 is 23.8. The van der Waals surface area contributed by atoms with Crippen LogP contribution in [0.2, 0.25) is 0 Å². The Morgan fingerprint density at radius 3 is 2.72 bits per heavy atom. The van der Waals surface area contributed by atoms with Crippen LogP contribution < -0.4 is 10.1 Å². The highest BCUT2D eigenvalue weighted by atomic mass is 19.1. The minimum atomic E-state index is -0.704. The lowest BCUT2D eigenvalue weighted by atomic mass is 10.0. The number of carbonyl (C=O) groups is 1. The number of carbonyl (C=O) groups excluding carboxylic acids is 1. The zero-order chi connectivity index (χ0) is 17.8. The molecule has 1 amide bonds. The van der Waals surface area contributed by atoms with E-state index < -0.39 is 17.8 Å². The molecule has 0 unspecified atom stereocenters. The Labute approximate surface area is 143 Å². The number of aryl methyl sites for hydroxylation is 1. The van der Waals surface area contributed by atoms with E-state index in [1.165, 1.54) is 25.3 Å². The van der Waals surface area contributed by atoms with E-state index in [2.05, 4.69) is 15.5 Å². The third-order valence-electron chi connectivity index (χ3n) is 3.61. The van der Waals surface area contributed by atoms with Gasteiger partial charge in [-0.05, 0) is 24.3 Å². The van der Waals surface area contributed by atoms with Crippen LogP contribution in [0.15, 0.2) is 53.1 Å². The van der Waals surface area contributed by atoms with Crippen molar-refractivity contribution < 1.29 is 18.4 Å². The van der Waals surface area contributed by atoms with Gasteiger partial charge in [-0.3, -0.25) is 4.79 Å². The fourth-order valence-electron chi connectivity index (χ4n) is 2.46. The fraction of sp³-hybridized carbons (Fsp3) is 0.167. The molecule has 0 aliphatic carbocycles. The Hall–Kier alpha value is -3.22. The van der Waals surface area contributed by atoms with Crippen LogP contribution in [0, 0.1) is 12.7 Å². The van der Waals surface area contributed by atoms with E-state index in [1.54, 1.807) is 19.1 Å². The second-order valence-electron chi connectivity index (χ2n) is 5.33. The number of nitrogens with one attached hydrogen (secondary N) is 1. The molecule has 6 nitrogen and oxygen atoms in total. The molecule has 0 saturated carbocycles. The van der Waals surface area contributed by atoms with Crippen molar-refractivity contribution in [3.8, 4) is 5.75 Å². The van der Waals surface area contributed by atoms with Crippen LogP contribution >= 0.6 is 0 Å². The molecule has 1 aromatic heterocycles. The topological polar surface area (TPSA) is 77.2 Å². The maximum absolute atomic E-state index is 13.4. The lowest BCUT2D eigenvalue weighted by molar-refractivity contribution is 0.0940. The van der Waals surface area contributed by atoms with E-state index in [1.807, 2.05) is 12.1 Å². The summed E-state index contributed by atoms with van der Waals surface area (Å²) in [7, 11) is 1.53. The van der Waals surface area contributed by atoms with Crippen molar-refractivity contribution in [2.24, 2.45) is 0 Å². The molecule has 0 aliphatic rings. The fourth-order valence-corrected chi connectivity index (χ4v) is 2.46. The maximum atomic E-state index is 13.4. The van der Waals surface area contributed by atoms with E-state index in [0.29, 0.717) is 17.2 Å². The molecular formula is C18H16FN3O3. The third-order valence-corrected chi connectivity index (χ3v) is 3.61. The number of ether oxygens (including phenoxy) is 1. The first-order chi connectivity index (χ1) is 12.1. The summed E-state index contributed by atoms with van der Waals surface area (Å²) in [5.74, 6) is 0.269. The van der Waals surface area contributed by atoms with Crippen LogP contribution in [0.4, 0.5) is 4.39 Å². The van der Waals surface area contributed by atoms with E-state index >= 15 is 0 Å². The zero-order valence-electron chi connectivity index (χ0n) is 13.7. The van der Waals surface area contributed by atoms with Gasteiger partial charge in [-0.25, -0.2) is 4.39 Å². The predicted molar refractivity (Wildman–Crippen MR) is 87.7 cm³/mol. The van der Waals surface area contributed by atoms with Crippen molar-refractivity contribution in [3.05, 3.63) is 77.2 Å². The Balaban J connectivity index is 1.98. The molecule has 3 aromatic rings. The van der Waals surface area contributed by atoms with Crippen LogP contribution in [-0.2, 0) is 0 Å². The number of amides is 1. The summed E-state index contributed by atoms with van der Waals surface area (Å²) in [6, 6.07) is 11.9. The standard InChI is InChI=1S/C18H16FN3O3/c1-11-20-17(22-25-11)16(14-8-3-4-9-15(14)24-2)21-18(23)12-6-5-7-13(19)10-12/h3-10,16H,1-2H3,(H,21,23)/t16-/m0/s1. The van der Waals surface area contributed by atoms with Gasteiger partial charge in [0.25, 0.3) is 5.91 Å². The van der Waals surface area contributed by atoms with Crippen molar-refractivity contribution in [2.45, 2.75) is 13.0 Å². The molecule has 1 heterocycles. The summed E-state index contributed by atoms with van der Waals surface area (Å²) in [5.41, 5.74) is 0.857. The van der Waals surface area contributed by atoms with E-state index in [-0.39, 0.29) is 11.4 Å². The first kappa shape index (κ1) is 16.6. The number of nitrogens with zero attached hydrogens (tertiary/aromatic N) is 2. The number of hydrogen-bond donors (Lipinski definition) is 1. The minimum Gasteiger partial charge on any atom is -0.496 e. The molecule has 0 fully saturated rings. The summed E-state index contributed by atoms with van der Waals surface area (Å²) in [4.78, 5) is 16.8. The number of hydrogen-bond acceptors (Lipinski definition) is 5. The number of para-hydroxylation sites is 1. The zero-order valence-corrected chi connectivity index (χ0v) is 13.7. The first-order valence-corrected chi connectivity index (χ1v) is 7.58. The smallest absolute Gasteiger partial charge is 0.252 e. The SMILES string of the molecule is COc1ccccc1[C@H](NC(=O)c1cccc(F)c1)c1noc(C)n1. The summed E-state index contributed by atoms with van der Waals surface area (Å²) in [6.45, 7) is 1.66. The molecule has 3 rings (SSSR count). The van der Waals surface area contributed by atoms with Gasteiger partial charge in [-0.1, -0.05) is 29.4 Å². The monoisotopic (exact) mass is 341 g/mol. The maximum Gasteiger partial charge on any atom is 0.252 e. The third kappa shape index (κ3) is 3.65. The van der Waals surface area contributed by atoms with Gasteiger partial charge in [0.05, 0.1) is 7.11 Å². The number of aromatic nitrogens is 2. The molecule has 2 aromatic carbocycles. The highest BCUT2D eigenvalue weighted by Gasteiger charge is 2.25. The molecule has 1 N–H and O–H groups in total. The summed E-state index contributed by atoms with van der Waals surface area (Å²) >= 11 is 0. The summed E-state index contributed by atoms with van der Waals surface area (Å²) in [5, 5.41) is 6.71. The summed E-state index contributed by atoms with van der Waals surface area (Å²) in [6.07, 6.45) is 0. The van der Waals surface area contributed by atoms with Crippen LogP contribution in [0.25, 0.3) is 0 Å². The average molecular weight is 341 g/mol. The largest absolute Gasteiger partial charge is 0.496 e. The van der Waals surface area contributed by atoms with Gasteiger partial charge in [-0.2, -0.15) is 4.98 Å². The van der Waals surface area contributed by atoms with Crippen molar-refractivity contribution in [1.29, 1.82) is 0 Å². The van der Waals surface area contributed by atoms with E-state index in [4.69, 9.17) is 9.26 Å². The van der Waals surface area contributed by atoms with Gasteiger partial charge in [0.1, 0.15) is 17.6 Å². The normalized spacial score (nSPS) is 11.8. The van der Waals surface area contributed by atoms with Crippen LogP contribution in [0.3, 0.4) is 0 Å². The second kappa shape index (κ2) is 7.12.